The number of nitrogens with zero attached hydrogens (tertiary/aromatic N) is 1. The lowest BCUT2D eigenvalue weighted by molar-refractivity contribution is 0.570. The van der Waals surface area contributed by atoms with E-state index in [-0.39, 0.29) is 0 Å². The van der Waals surface area contributed by atoms with Crippen molar-refractivity contribution in [2.24, 2.45) is 0 Å². The van der Waals surface area contributed by atoms with Gasteiger partial charge in [-0.3, -0.25) is 0 Å². The van der Waals surface area contributed by atoms with Gasteiger partial charge in [-0.1, -0.05) is 6.42 Å². The Kier molecular flexibility index (Phi) is 3.20. The Morgan fingerprint density at radius 2 is 2.00 bits per heavy atom. The van der Waals surface area contributed by atoms with Gasteiger partial charge in [0.25, 0.3) is 0 Å². The molecule has 1 rings (SSSR count). The summed E-state index contributed by atoms with van der Waals surface area (Å²) in [5.41, 5.74) is 0. The molecule has 0 heterocycles. The number of hydrogen-bond acceptors (Lipinski definition) is 3. The van der Waals surface area contributed by atoms with Crippen molar-refractivity contribution >= 4 is 19.7 Å². The molecular weight excluding hydrogens is 210 g/mol. The summed E-state index contributed by atoms with van der Waals surface area (Å²) >= 11 is 0. The van der Waals surface area contributed by atoms with Gasteiger partial charge >= 0.3 is 0 Å². The van der Waals surface area contributed by atoms with Crippen molar-refractivity contribution in [2.45, 2.75) is 43.3 Å². The highest BCUT2D eigenvalue weighted by molar-refractivity contribution is 8.15. The first-order valence-electron chi connectivity index (χ1n) is 4.33. The largest absolute Gasteiger partial charge is 0.238 e. The molecule has 0 aromatic rings. The second-order valence-electron chi connectivity index (χ2n) is 3.49. The normalized spacial score (nSPS) is 19.4. The predicted molar refractivity (Wildman–Crippen MR) is 50.8 cm³/mol. The molecule has 1 aliphatic rings. The van der Waals surface area contributed by atoms with Crippen LogP contribution in [0.15, 0.2) is 0 Å². The molecule has 0 bridgehead atoms. The third-order valence-corrected chi connectivity index (χ3v) is 5.12. The van der Waals surface area contributed by atoms with Gasteiger partial charge in [-0.25, -0.2) is 8.42 Å². The van der Waals surface area contributed by atoms with Crippen LogP contribution in [-0.4, -0.2) is 13.2 Å². The first-order chi connectivity index (χ1) is 6.02. The van der Waals surface area contributed by atoms with Gasteiger partial charge < -0.3 is 0 Å². The average Bonchev–Trinajstić information content (AvgIpc) is 2.77. The Morgan fingerprint density at radius 1 is 1.38 bits per heavy atom. The topological polar surface area (TPSA) is 57.9 Å². The van der Waals surface area contributed by atoms with Crippen LogP contribution in [0.25, 0.3) is 0 Å². The smallest absolute Gasteiger partial charge is 0.212 e. The quantitative estimate of drug-likeness (QED) is 0.528. The Morgan fingerprint density at radius 3 is 2.38 bits per heavy atom. The maximum atomic E-state index is 11.1. The summed E-state index contributed by atoms with van der Waals surface area (Å²) in [6.45, 7) is 0. The summed E-state index contributed by atoms with van der Waals surface area (Å²) in [6.07, 6.45) is 4.03. The fraction of sp³-hybridized carbons (Fsp3) is 0.875. The minimum atomic E-state index is -3.39. The van der Waals surface area contributed by atoms with Crippen molar-refractivity contribution in [1.82, 2.24) is 0 Å². The molecule has 0 aliphatic heterocycles. The van der Waals surface area contributed by atoms with Gasteiger partial charge in [0, 0.05) is 17.1 Å². The van der Waals surface area contributed by atoms with Crippen LogP contribution >= 0.6 is 10.7 Å². The second-order valence-corrected chi connectivity index (χ2v) is 6.45. The van der Waals surface area contributed by atoms with Crippen LogP contribution in [-0.2, 0) is 9.05 Å². The SMILES string of the molecule is N#CCCCCC1(S(=O)(=O)Cl)CC1. The van der Waals surface area contributed by atoms with Crippen LogP contribution in [0.4, 0.5) is 0 Å². The van der Waals surface area contributed by atoms with Crippen LogP contribution in [0.1, 0.15) is 38.5 Å². The van der Waals surface area contributed by atoms with Crippen LogP contribution in [0, 0.1) is 11.3 Å². The van der Waals surface area contributed by atoms with Crippen LogP contribution in [0.5, 0.6) is 0 Å². The first-order valence-corrected chi connectivity index (χ1v) is 6.64. The molecule has 3 nitrogen and oxygen atoms in total. The van der Waals surface area contributed by atoms with Gasteiger partial charge in [0.2, 0.25) is 9.05 Å². The Hall–Kier alpha value is -0.270. The number of halogens is 1. The Bertz CT molecular complexity index is 314. The van der Waals surface area contributed by atoms with Crippen LogP contribution in [0.2, 0.25) is 0 Å². The van der Waals surface area contributed by atoms with E-state index in [0.29, 0.717) is 25.7 Å². The Balaban J connectivity index is 2.34. The molecule has 13 heavy (non-hydrogen) atoms. The zero-order chi connectivity index (χ0) is 9.95. The standard InChI is InChI=1S/C8H12ClNO2S/c9-13(11,12)8(5-6-8)4-2-1-3-7-10/h1-6H2. The van der Waals surface area contributed by atoms with Crippen molar-refractivity contribution in [3.05, 3.63) is 0 Å². The molecule has 0 saturated heterocycles. The van der Waals surface area contributed by atoms with Crippen molar-refractivity contribution in [3.8, 4) is 6.07 Å². The van der Waals surface area contributed by atoms with E-state index in [4.69, 9.17) is 15.9 Å². The number of rotatable bonds is 5. The highest BCUT2D eigenvalue weighted by atomic mass is 35.7. The average molecular weight is 222 g/mol. The van der Waals surface area contributed by atoms with E-state index >= 15 is 0 Å². The van der Waals surface area contributed by atoms with E-state index in [1.54, 1.807) is 0 Å². The van der Waals surface area contributed by atoms with E-state index in [0.717, 1.165) is 12.8 Å². The molecule has 0 radical (unpaired) electrons. The lowest BCUT2D eigenvalue weighted by Gasteiger charge is -2.09. The summed E-state index contributed by atoms with van der Waals surface area (Å²) in [5.74, 6) is 0. The van der Waals surface area contributed by atoms with E-state index in [1.807, 2.05) is 6.07 Å². The van der Waals surface area contributed by atoms with Gasteiger partial charge in [-0.2, -0.15) is 5.26 Å². The fourth-order valence-electron chi connectivity index (χ4n) is 1.41. The highest BCUT2D eigenvalue weighted by Gasteiger charge is 2.52. The van der Waals surface area contributed by atoms with Gasteiger partial charge in [-0.05, 0) is 25.7 Å². The molecule has 0 aromatic heterocycles. The molecule has 0 unspecified atom stereocenters. The Labute approximate surface area is 83.1 Å². The van der Waals surface area contributed by atoms with Crippen molar-refractivity contribution < 1.29 is 8.42 Å². The molecule has 0 spiro atoms. The molecule has 74 valence electrons. The molecule has 0 N–H and O–H groups in total. The molecule has 0 amide bonds. The van der Waals surface area contributed by atoms with Crippen molar-refractivity contribution in [1.29, 1.82) is 5.26 Å². The van der Waals surface area contributed by atoms with Crippen LogP contribution < -0.4 is 0 Å². The molecular formula is C8H12ClNO2S. The summed E-state index contributed by atoms with van der Waals surface area (Å²) < 4.78 is 21.5. The molecule has 1 fully saturated rings. The maximum Gasteiger partial charge on any atom is 0.238 e. The molecule has 1 aliphatic carbocycles. The third kappa shape index (κ3) is 2.58. The first kappa shape index (κ1) is 10.8. The number of hydrogen-bond donors (Lipinski definition) is 0. The summed E-state index contributed by atoms with van der Waals surface area (Å²) in [7, 11) is 1.92. The van der Waals surface area contributed by atoms with E-state index < -0.39 is 13.8 Å². The van der Waals surface area contributed by atoms with E-state index in [9.17, 15) is 8.42 Å². The van der Waals surface area contributed by atoms with Crippen LogP contribution in [0.3, 0.4) is 0 Å². The molecule has 0 atom stereocenters. The van der Waals surface area contributed by atoms with Gasteiger partial charge in [0.15, 0.2) is 0 Å². The lowest BCUT2D eigenvalue weighted by atomic mass is 10.1. The van der Waals surface area contributed by atoms with Crippen molar-refractivity contribution in [3.63, 3.8) is 0 Å². The minimum Gasteiger partial charge on any atom is -0.212 e. The van der Waals surface area contributed by atoms with E-state index in [1.165, 1.54) is 0 Å². The van der Waals surface area contributed by atoms with Gasteiger partial charge in [-0.15, -0.1) is 0 Å². The minimum absolute atomic E-state index is 0.498. The van der Waals surface area contributed by atoms with Crippen molar-refractivity contribution in [2.75, 3.05) is 0 Å². The molecule has 5 heteroatoms. The highest BCUT2D eigenvalue weighted by Crippen LogP contribution is 2.49. The molecule has 0 aromatic carbocycles. The van der Waals surface area contributed by atoms with Gasteiger partial charge in [0.1, 0.15) is 0 Å². The second kappa shape index (κ2) is 3.85. The summed E-state index contributed by atoms with van der Waals surface area (Å²) in [6, 6.07) is 2.03. The maximum absolute atomic E-state index is 11.1. The van der Waals surface area contributed by atoms with E-state index in [2.05, 4.69) is 0 Å². The fourth-order valence-corrected chi connectivity index (χ4v) is 3.08. The summed E-state index contributed by atoms with van der Waals surface area (Å²) in [4.78, 5) is 0. The monoisotopic (exact) mass is 221 g/mol. The lowest BCUT2D eigenvalue weighted by Crippen LogP contribution is -2.17. The summed E-state index contributed by atoms with van der Waals surface area (Å²) in [5, 5.41) is 8.28. The zero-order valence-electron chi connectivity index (χ0n) is 7.29. The number of unbranched alkanes of at least 4 members (excludes halogenated alkanes) is 2. The zero-order valence-corrected chi connectivity index (χ0v) is 8.86. The third-order valence-electron chi connectivity index (χ3n) is 2.50. The molecule has 1 saturated carbocycles. The predicted octanol–water partition coefficient (Wildman–Crippen LogP) is 2.17. The number of nitriles is 1. The van der Waals surface area contributed by atoms with Gasteiger partial charge in [0.05, 0.1) is 10.8 Å².